The Labute approximate surface area is 153 Å². The molecule has 1 amide bonds. The van der Waals surface area contributed by atoms with E-state index in [9.17, 15) is 13.2 Å². The molecule has 0 heterocycles. The molecular formula is C18H21ClN2O3S. The highest BCUT2D eigenvalue weighted by Crippen LogP contribution is 2.26. The summed E-state index contributed by atoms with van der Waals surface area (Å²) in [4.78, 5) is 12.7. The molecule has 5 nitrogen and oxygen atoms in total. The zero-order valence-corrected chi connectivity index (χ0v) is 16.0. The molecule has 0 unspecified atom stereocenters. The second-order valence-electron chi connectivity index (χ2n) is 5.68. The summed E-state index contributed by atoms with van der Waals surface area (Å²) in [5.41, 5.74) is 3.36. The first-order valence-electron chi connectivity index (χ1n) is 7.94. The summed E-state index contributed by atoms with van der Waals surface area (Å²) in [6, 6.07) is 10.3. The molecule has 0 bridgehead atoms. The fraction of sp³-hybridized carbons (Fsp3) is 0.278. The Morgan fingerprint density at radius 2 is 1.68 bits per heavy atom. The number of carbonyl (C=O) groups excluding carboxylic acids is 1. The Bertz CT molecular complexity index is 873. The first kappa shape index (κ1) is 19.3. The van der Waals surface area contributed by atoms with Gasteiger partial charge in [-0.15, -0.1) is 0 Å². The Morgan fingerprint density at radius 1 is 1.08 bits per heavy atom. The topological polar surface area (TPSA) is 75.3 Å². The SMILES string of the molecule is CCc1cccc(CC)c1NC(=O)c1cc(NS(C)(=O)=O)ccc1Cl. The van der Waals surface area contributed by atoms with Crippen molar-refractivity contribution in [3.8, 4) is 0 Å². The second kappa shape index (κ2) is 7.89. The highest BCUT2D eigenvalue weighted by Gasteiger charge is 2.16. The number of rotatable bonds is 6. The maximum absolute atomic E-state index is 12.7. The minimum absolute atomic E-state index is 0.211. The number of hydrogen-bond acceptors (Lipinski definition) is 3. The van der Waals surface area contributed by atoms with Crippen LogP contribution in [0.4, 0.5) is 11.4 Å². The van der Waals surface area contributed by atoms with Crippen LogP contribution in [0.1, 0.15) is 35.3 Å². The Balaban J connectivity index is 2.38. The fourth-order valence-corrected chi connectivity index (χ4v) is 3.32. The van der Waals surface area contributed by atoms with E-state index in [-0.39, 0.29) is 22.2 Å². The van der Waals surface area contributed by atoms with Gasteiger partial charge in [0.25, 0.3) is 5.91 Å². The lowest BCUT2D eigenvalue weighted by Gasteiger charge is -2.15. The molecule has 7 heteroatoms. The number of sulfonamides is 1. The van der Waals surface area contributed by atoms with Crippen LogP contribution >= 0.6 is 11.6 Å². The van der Waals surface area contributed by atoms with Crippen LogP contribution < -0.4 is 10.0 Å². The van der Waals surface area contributed by atoms with Crippen molar-refractivity contribution in [2.45, 2.75) is 26.7 Å². The lowest BCUT2D eigenvalue weighted by Crippen LogP contribution is -2.16. The normalized spacial score (nSPS) is 11.2. The molecule has 2 rings (SSSR count). The Morgan fingerprint density at radius 3 is 2.20 bits per heavy atom. The molecule has 0 saturated carbocycles. The summed E-state index contributed by atoms with van der Waals surface area (Å²) in [5.74, 6) is -0.377. The zero-order chi connectivity index (χ0) is 18.6. The molecule has 134 valence electrons. The summed E-state index contributed by atoms with van der Waals surface area (Å²) in [6.45, 7) is 4.04. The van der Waals surface area contributed by atoms with E-state index in [1.807, 2.05) is 32.0 Å². The minimum Gasteiger partial charge on any atom is -0.321 e. The number of para-hydroxylation sites is 1. The number of amides is 1. The number of carbonyl (C=O) groups is 1. The van der Waals surface area contributed by atoms with E-state index in [0.717, 1.165) is 35.9 Å². The van der Waals surface area contributed by atoms with Crippen LogP contribution in [-0.4, -0.2) is 20.6 Å². The predicted octanol–water partition coefficient (Wildman–Crippen LogP) is 4.09. The number of halogens is 1. The lowest BCUT2D eigenvalue weighted by atomic mass is 10.0. The third-order valence-electron chi connectivity index (χ3n) is 3.75. The second-order valence-corrected chi connectivity index (χ2v) is 7.84. The molecule has 2 aromatic rings. The third-order valence-corrected chi connectivity index (χ3v) is 4.69. The van der Waals surface area contributed by atoms with Gasteiger partial charge < -0.3 is 5.32 Å². The van der Waals surface area contributed by atoms with Gasteiger partial charge in [0, 0.05) is 11.4 Å². The van der Waals surface area contributed by atoms with Crippen LogP contribution in [0.5, 0.6) is 0 Å². The molecular weight excluding hydrogens is 360 g/mol. The molecule has 0 aliphatic heterocycles. The monoisotopic (exact) mass is 380 g/mol. The highest BCUT2D eigenvalue weighted by atomic mass is 35.5. The number of nitrogens with one attached hydrogen (secondary N) is 2. The van der Waals surface area contributed by atoms with Gasteiger partial charge in [-0.1, -0.05) is 43.6 Å². The Kier molecular flexibility index (Phi) is 6.08. The number of hydrogen-bond donors (Lipinski definition) is 2. The van der Waals surface area contributed by atoms with E-state index in [4.69, 9.17) is 11.6 Å². The molecule has 0 fully saturated rings. The van der Waals surface area contributed by atoms with Crippen molar-refractivity contribution >= 4 is 38.9 Å². The molecule has 0 atom stereocenters. The molecule has 0 aromatic heterocycles. The maximum atomic E-state index is 12.7. The molecule has 0 spiro atoms. The van der Waals surface area contributed by atoms with Gasteiger partial charge in [-0.2, -0.15) is 0 Å². The summed E-state index contributed by atoms with van der Waals surface area (Å²) < 4.78 is 25.1. The number of benzene rings is 2. The van der Waals surface area contributed by atoms with Crippen LogP contribution in [-0.2, 0) is 22.9 Å². The van der Waals surface area contributed by atoms with Gasteiger partial charge in [0.05, 0.1) is 16.8 Å². The van der Waals surface area contributed by atoms with Crippen LogP contribution in [0.25, 0.3) is 0 Å². The minimum atomic E-state index is -3.44. The van der Waals surface area contributed by atoms with Gasteiger partial charge in [0.15, 0.2) is 0 Å². The van der Waals surface area contributed by atoms with Gasteiger partial charge in [0.1, 0.15) is 0 Å². The van der Waals surface area contributed by atoms with Crippen molar-refractivity contribution in [2.75, 3.05) is 16.3 Å². The molecule has 0 radical (unpaired) electrons. The van der Waals surface area contributed by atoms with Crippen LogP contribution in [0.15, 0.2) is 36.4 Å². The van der Waals surface area contributed by atoms with Crippen LogP contribution in [0, 0.1) is 0 Å². The van der Waals surface area contributed by atoms with Crippen LogP contribution in [0.3, 0.4) is 0 Å². The van der Waals surface area contributed by atoms with Crippen molar-refractivity contribution < 1.29 is 13.2 Å². The quantitative estimate of drug-likeness (QED) is 0.792. The lowest BCUT2D eigenvalue weighted by molar-refractivity contribution is 0.102. The summed E-state index contributed by atoms with van der Waals surface area (Å²) in [7, 11) is -3.44. The van der Waals surface area contributed by atoms with Gasteiger partial charge in [0.2, 0.25) is 10.0 Å². The molecule has 0 aliphatic carbocycles. The number of aryl methyl sites for hydroxylation is 2. The standard InChI is InChI=1S/C18H21ClN2O3S/c1-4-12-7-6-8-13(5-2)17(12)20-18(22)15-11-14(9-10-16(15)19)21-25(3,23)24/h6-11,21H,4-5H2,1-3H3,(H,20,22). The van der Waals surface area contributed by atoms with Crippen molar-refractivity contribution in [1.82, 2.24) is 0 Å². The Hall–Kier alpha value is -2.05. The smallest absolute Gasteiger partial charge is 0.257 e. The van der Waals surface area contributed by atoms with Crippen LogP contribution in [0.2, 0.25) is 5.02 Å². The highest BCUT2D eigenvalue weighted by molar-refractivity contribution is 7.92. The molecule has 2 N–H and O–H groups in total. The van der Waals surface area contributed by atoms with E-state index in [0.29, 0.717) is 0 Å². The average Bonchev–Trinajstić information content (AvgIpc) is 2.55. The summed E-state index contributed by atoms with van der Waals surface area (Å²) in [5, 5.41) is 3.18. The third kappa shape index (κ3) is 4.96. The van der Waals surface area contributed by atoms with Crippen molar-refractivity contribution in [3.05, 3.63) is 58.1 Å². The van der Waals surface area contributed by atoms with Gasteiger partial charge >= 0.3 is 0 Å². The molecule has 2 aromatic carbocycles. The van der Waals surface area contributed by atoms with E-state index < -0.39 is 10.0 Å². The average molecular weight is 381 g/mol. The largest absolute Gasteiger partial charge is 0.321 e. The van der Waals surface area contributed by atoms with Gasteiger partial charge in [-0.05, 0) is 42.2 Å². The first-order valence-corrected chi connectivity index (χ1v) is 10.2. The van der Waals surface area contributed by atoms with E-state index in [1.54, 1.807) is 0 Å². The maximum Gasteiger partial charge on any atom is 0.257 e. The predicted molar refractivity (Wildman–Crippen MR) is 103 cm³/mol. The van der Waals surface area contributed by atoms with Crippen molar-refractivity contribution in [1.29, 1.82) is 0 Å². The molecule has 0 aliphatic rings. The molecule has 0 saturated heterocycles. The number of anilines is 2. The molecule has 25 heavy (non-hydrogen) atoms. The summed E-state index contributed by atoms with van der Waals surface area (Å²) in [6.07, 6.45) is 2.62. The van der Waals surface area contributed by atoms with Crippen molar-refractivity contribution in [3.63, 3.8) is 0 Å². The van der Waals surface area contributed by atoms with E-state index in [2.05, 4.69) is 10.0 Å². The van der Waals surface area contributed by atoms with Crippen molar-refractivity contribution in [2.24, 2.45) is 0 Å². The zero-order valence-electron chi connectivity index (χ0n) is 14.4. The summed E-state index contributed by atoms with van der Waals surface area (Å²) >= 11 is 6.14. The van der Waals surface area contributed by atoms with E-state index >= 15 is 0 Å². The van der Waals surface area contributed by atoms with Gasteiger partial charge in [-0.25, -0.2) is 8.42 Å². The fourth-order valence-electron chi connectivity index (χ4n) is 2.56. The van der Waals surface area contributed by atoms with Gasteiger partial charge in [-0.3, -0.25) is 9.52 Å². The van der Waals surface area contributed by atoms with E-state index in [1.165, 1.54) is 18.2 Å². The first-order chi connectivity index (χ1) is 11.7.